The van der Waals surface area contributed by atoms with Crippen molar-refractivity contribution in [1.29, 1.82) is 0 Å². The average Bonchev–Trinajstić information content (AvgIpc) is 2.74. The molecule has 0 saturated heterocycles. The van der Waals surface area contributed by atoms with E-state index in [9.17, 15) is 16.8 Å². The standard InChI is InChI=1S/C20H22N4O5S2/c1-3-4-15-5-9-17(10-6-15)30(25,26)23-16-7-11-18(12-8-16)31(27,28)24-19-13-20(29-2)22-14-21-19/h5-14,23H,3-4H2,1-2H3,(H,21,22,24). The number of hydrogen-bond acceptors (Lipinski definition) is 7. The Morgan fingerprint density at radius 3 is 2.00 bits per heavy atom. The summed E-state index contributed by atoms with van der Waals surface area (Å²) in [5, 5.41) is 0. The number of methoxy groups -OCH3 is 1. The first-order valence-corrected chi connectivity index (χ1v) is 12.3. The number of aryl methyl sites for hydroxylation is 1. The van der Waals surface area contributed by atoms with Gasteiger partial charge in [-0.25, -0.2) is 26.8 Å². The fraction of sp³-hybridized carbons (Fsp3) is 0.200. The van der Waals surface area contributed by atoms with E-state index in [0.29, 0.717) is 0 Å². The third-order valence-corrected chi connectivity index (χ3v) is 7.05. The molecule has 11 heteroatoms. The molecule has 31 heavy (non-hydrogen) atoms. The van der Waals surface area contributed by atoms with Crippen LogP contribution in [0.5, 0.6) is 5.88 Å². The Morgan fingerprint density at radius 2 is 1.42 bits per heavy atom. The lowest BCUT2D eigenvalue weighted by Crippen LogP contribution is -2.15. The molecule has 2 aromatic carbocycles. The Hall–Kier alpha value is -3.18. The minimum atomic E-state index is -3.93. The maximum absolute atomic E-state index is 12.6. The SMILES string of the molecule is CCCc1ccc(S(=O)(=O)Nc2ccc(S(=O)(=O)Nc3cc(OC)ncn3)cc2)cc1. The quantitative estimate of drug-likeness (QED) is 0.500. The number of benzene rings is 2. The largest absolute Gasteiger partial charge is 0.481 e. The zero-order valence-corrected chi connectivity index (χ0v) is 18.6. The number of sulfonamides is 2. The highest BCUT2D eigenvalue weighted by molar-refractivity contribution is 7.93. The number of aromatic nitrogens is 2. The van der Waals surface area contributed by atoms with Gasteiger partial charge in [-0.1, -0.05) is 25.5 Å². The molecule has 0 aliphatic rings. The predicted octanol–water partition coefficient (Wildman–Crippen LogP) is 3.04. The van der Waals surface area contributed by atoms with Crippen LogP contribution >= 0.6 is 0 Å². The Bertz CT molecular complexity index is 1240. The number of anilines is 2. The lowest BCUT2D eigenvalue weighted by molar-refractivity contribution is 0.397. The highest BCUT2D eigenvalue weighted by Crippen LogP contribution is 2.21. The second kappa shape index (κ2) is 9.31. The molecule has 0 bridgehead atoms. The number of rotatable bonds is 9. The number of ether oxygens (including phenoxy) is 1. The van der Waals surface area contributed by atoms with Gasteiger partial charge in [0, 0.05) is 11.8 Å². The zero-order valence-electron chi connectivity index (χ0n) is 16.9. The fourth-order valence-corrected chi connectivity index (χ4v) is 4.80. The monoisotopic (exact) mass is 462 g/mol. The topological polar surface area (TPSA) is 127 Å². The minimum Gasteiger partial charge on any atom is -0.481 e. The van der Waals surface area contributed by atoms with Gasteiger partial charge in [0.1, 0.15) is 12.1 Å². The van der Waals surface area contributed by atoms with E-state index in [1.165, 1.54) is 43.8 Å². The van der Waals surface area contributed by atoms with E-state index in [-0.39, 0.29) is 27.2 Å². The van der Waals surface area contributed by atoms with E-state index < -0.39 is 20.0 Å². The van der Waals surface area contributed by atoms with Crippen LogP contribution in [0.15, 0.2) is 70.7 Å². The Morgan fingerprint density at radius 1 is 0.839 bits per heavy atom. The van der Waals surface area contributed by atoms with Crippen LogP contribution < -0.4 is 14.2 Å². The van der Waals surface area contributed by atoms with Crippen molar-refractivity contribution in [3.05, 3.63) is 66.5 Å². The molecule has 164 valence electrons. The van der Waals surface area contributed by atoms with Crippen LogP contribution in [-0.4, -0.2) is 33.9 Å². The molecule has 0 fully saturated rings. The van der Waals surface area contributed by atoms with Gasteiger partial charge in [-0.15, -0.1) is 0 Å². The number of nitrogens with one attached hydrogen (secondary N) is 2. The van der Waals surface area contributed by atoms with E-state index in [1.54, 1.807) is 24.3 Å². The normalized spacial score (nSPS) is 11.7. The molecule has 1 aromatic heterocycles. The van der Waals surface area contributed by atoms with Gasteiger partial charge in [0.25, 0.3) is 20.0 Å². The first kappa shape index (κ1) is 22.5. The van der Waals surface area contributed by atoms with E-state index in [2.05, 4.69) is 26.3 Å². The molecular formula is C20H22N4O5S2. The molecule has 0 aliphatic carbocycles. The smallest absolute Gasteiger partial charge is 0.263 e. The molecule has 0 amide bonds. The molecule has 1 heterocycles. The molecule has 9 nitrogen and oxygen atoms in total. The Labute approximate surface area is 181 Å². The fourth-order valence-electron chi connectivity index (χ4n) is 2.74. The third kappa shape index (κ3) is 5.70. The minimum absolute atomic E-state index is 0.0446. The van der Waals surface area contributed by atoms with Crippen LogP contribution in [0.2, 0.25) is 0 Å². The first-order valence-electron chi connectivity index (χ1n) is 9.34. The van der Waals surface area contributed by atoms with Crippen LogP contribution in [0.3, 0.4) is 0 Å². The van der Waals surface area contributed by atoms with Gasteiger partial charge in [-0.2, -0.15) is 0 Å². The zero-order chi connectivity index (χ0) is 22.5. The maximum Gasteiger partial charge on any atom is 0.263 e. The summed E-state index contributed by atoms with van der Waals surface area (Å²) in [4.78, 5) is 7.72. The molecule has 0 unspecified atom stereocenters. The van der Waals surface area contributed by atoms with Crippen LogP contribution in [-0.2, 0) is 26.5 Å². The van der Waals surface area contributed by atoms with Crippen molar-refractivity contribution in [2.75, 3.05) is 16.6 Å². The summed E-state index contributed by atoms with van der Waals surface area (Å²) in [5.41, 5.74) is 1.30. The van der Waals surface area contributed by atoms with Gasteiger partial charge in [-0.3, -0.25) is 9.44 Å². The second-order valence-electron chi connectivity index (χ2n) is 6.57. The van der Waals surface area contributed by atoms with E-state index in [1.807, 2.05) is 0 Å². The summed E-state index contributed by atoms with van der Waals surface area (Å²) >= 11 is 0. The second-order valence-corrected chi connectivity index (χ2v) is 9.94. The summed E-state index contributed by atoms with van der Waals surface area (Å²) in [6.45, 7) is 2.05. The maximum atomic E-state index is 12.6. The summed E-state index contributed by atoms with van der Waals surface area (Å²) in [6, 6.07) is 13.3. The van der Waals surface area contributed by atoms with Crippen molar-refractivity contribution in [1.82, 2.24) is 9.97 Å². The molecule has 0 saturated carbocycles. The van der Waals surface area contributed by atoms with Crippen LogP contribution in [0.1, 0.15) is 18.9 Å². The van der Waals surface area contributed by atoms with Crippen molar-refractivity contribution in [2.24, 2.45) is 0 Å². The lowest BCUT2D eigenvalue weighted by atomic mass is 10.1. The van der Waals surface area contributed by atoms with E-state index in [0.717, 1.165) is 18.4 Å². The summed E-state index contributed by atoms with van der Waals surface area (Å²) in [7, 11) is -6.33. The number of nitrogens with zero attached hydrogens (tertiary/aromatic N) is 2. The van der Waals surface area contributed by atoms with Crippen LogP contribution in [0, 0.1) is 0 Å². The summed E-state index contributed by atoms with van der Waals surface area (Å²) < 4.78 is 60.0. The van der Waals surface area contributed by atoms with Crippen molar-refractivity contribution in [3.63, 3.8) is 0 Å². The number of hydrogen-bond donors (Lipinski definition) is 2. The third-order valence-electron chi connectivity index (χ3n) is 4.28. The predicted molar refractivity (Wildman–Crippen MR) is 117 cm³/mol. The molecular weight excluding hydrogens is 440 g/mol. The van der Waals surface area contributed by atoms with Crippen LogP contribution in [0.4, 0.5) is 11.5 Å². The Balaban J connectivity index is 1.74. The van der Waals surface area contributed by atoms with E-state index >= 15 is 0 Å². The van der Waals surface area contributed by atoms with Gasteiger partial charge in [0.15, 0.2) is 0 Å². The highest BCUT2D eigenvalue weighted by atomic mass is 32.2. The first-order chi connectivity index (χ1) is 14.7. The van der Waals surface area contributed by atoms with Crippen molar-refractivity contribution >= 4 is 31.6 Å². The average molecular weight is 463 g/mol. The molecule has 3 aromatic rings. The van der Waals surface area contributed by atoms with Gasteiger partial charge in [-0.05, 0) is 48.4 Å². The van der Waals surface area contributed by atoms with Gasteiger partial charge < -0.3 is 4.74 Å². The van der Waals surface area contributed by atoms with Gasteiger partial charge in [0.2, 0.25) is 5.88 Å². The highest BCUT2D eigenvalue weighted by Gasteiger charge is 2.17. The summed E-state index contributed by atoms with van der Waals surface area (Å²) in [5.74, 6) is 0.253. The van der Waals surface area contributed by atoms with Crippen LogP contribution in [0.25, 0.3) is 0 Å². The molecule has 0 atom stereocenters. The lowest BCUT2D eigenvalue weighted by Gasteiger charge is -2.11. The van der Waals surface area contributed by atoms with Crippen molar-refractivity contribution in [2.45, 2.75) is 29.6 Å². The molecule has 3 rings (SSSR count). The summed E-state index contributed by atoms with van der Waals surface area (Å²) in [6.07, 6.45) is 3.02. The van der Waals surface area contributed by atoms with Crippen molar-refractivity contribution in [3.8, 4) is 5.88 Å². The van der Waals surface area contributed by atoms with Crippen molar-refractivity contribution < 1.29 is 21.6 Å². The molecule has 0 spiro atoms. The molecule has 2 N–H and O–H groups in total. The Kier molecular flexibility index (Phi) is 6.76. The van der Waals surface area contributed by atoms with E-state index in [4.69, 9.17) is 4.74 Å². The molecule has 0 radical (unpaired) electrons. The van der Waals surface area contributed by atoms with Gasteiger partial charge in [0.05, 0.1) is 16.9 Å². The van der Waals surface area contributed by atoms with Gasteiger partial charge >= 0.3 is 0 Å². The molecule has 0 aliphatic heterocycles.